The highest BCUT2D eigenvalue weighted by atomic mass is 19.4. The number of alkyl halides is 3. The zero-order chi connectivity index (χ0) is 16.3. The smallest absolute Gasteiger partial charge is 0.354 e. The molecule has 0 radical (unpaired) electrons. The summed E-state index contributed by atoms with van der Waals surface area (Å²) in [6.07, 6.45) is -4.17. The van der Waals surface area contributed by atoms with Crippen LogP contribution in [-0.4, -0.2) is 22.0 Å². The number of fused-ring (bicyclic) bond motifs is 1. The molecule has 4 nitrogen and oxygen atoms in total. The van der Waals surface area contributed by atoms with Gasteiger partial charge in [0.25, 0.3) is 0 Å². The van der Waals surface area contributed by atoms with Crippen LogP contribution in [0.4, 0.5) is 13.2 Å². The van der Waals surface area contributed by atoms with Gasteiger partial charge in [0.15, 0.2) is 0 Å². The number of hydrogen-bond acceptors (Lipinski definition) is 2. The Morgan fingerprint density at radius 2 is 2.00 bits per heavy atom. The third kappa shape index (κ3) is 3.78. The quantitative estimate of drug-likeness (QED) is 0.921. The molecular weight excluding hydrogens is 295 g/mol. The van der Waals surface area contributed by atoms with E-state index in [9.17, 15) is 18.0 Å². The Bertz CT molecular complexity index is 662. The lowest BCUT2D eigenvalue weighted by atomic mass is 10.1. The van der Waals surface area contributed by atoms with Crippen molar-refractivity contribution < 1.29 is 18.0 Å². The van der Waals surface area contributed by atoms with Crippen molar-refractivity contribution in [3.05, 3.63) is 30.1 Å². The van der Waals surface area contributed by atoms with Crippen molar-refractivity contribution in [1.82, 2.24) is 14.9 Å². The van der Waals surface area contributed by atoms with Crippen LogP contribution in [0.5, 0.6) is 0 Å². The Labute approximate surface area is 126 Å². The van der Waals surface area contributed by atoms with Gasteiger partial charge in [-0.3, -0.25) is 4.79 Å². The van der Waals surface area contributed by atoms with Crippen LogP contribution in [0.15, 0.2) is 24.3 Å². The Balaban J connectivity index is 2.17. The first-order valence-corrected chi connectivity index (χ1v) is 7.08. The average molecular weight is 313 g/mol. The summed E-state index contributed by atoms with van der Waals surface area (Å²) in [6.45, 7) is 3.98. The maximum Gasteiger partial charge on any atom is 0.449 e. The topological polar surface area (TPSA) is 46.9 Å². The van der Waals surface area contributed by atoms with Crippen LogP contribution in [0, 0.1) is 5.92 Å². The Morgan fingerprint density at radius 1 is 1.32 bits per heavy atom. The lowest BCUT2D eigenvalue weighted by Crippen LogP contribution is -2.29. The summed E-state index contributed by atoms with van der Waals surface area (Å²) < 4.78 is 40.3. The van der Waals surface area contributed by atoms with Gasteiger partial charge >= 0.3 is 6.18 Å². The molecule has 7 heteroatoms. The summed E-state index contributed by atoms with van der Waals surface area (Å²) >= 11 is 0. The van der Waals surface area contributed by atoms with Gasteiger partial charge in [-0.1, -0.05) is 26.0 Å². The molecule has 1 aromatic carbocycles. The first-order valence-electron chi connectivity index (χ1n) is 7.08. The van der Waals surface area contributed by atoms with Crippen LogP contribution in [0.25, 0.3) is 11.0 Å². The zero-order valence-corrected chi connectivity index (χ0v) is 12.4. The number of imidazole rings is 1. The molecule has 0 aliphatic heterocycles. The predicted octanol–water partition coefficient (Wildman–Crippen LogP) is 3.22. The maximum absolute atomic E-state index is 13.1. The van der Waals surface area contributed by atoms with Crippen LogP contribution in [0.2, 0.25) is 0 Å². The number of carbonyl (C=O) groups excluding carboxylic acids is 1. The number of halogens is 3. The number of rotatable bonds is 5. The van der Waals surface area contributed by atoms with Crippen LogP contribution in [0.3, 0.4) is 0 Å². The van der Waals surface area contributed by atoms with Gasteiger partial charge in [0.05, 0.1) is 11.0 Å². The third-order valence-electron chi connectivity index (χ3n) is 3.16. The second-order valence-electron chi connectivity index (χ2n) is 5.52. The largest absolute Gasteiger partial charge is 0.449 e. The summed E-state index contributed by atoms with van der Waals surface area (Å²) in [4.78, 5) is 15.2. The number of para-hydroxylation sites is 2. The highest BCUT2D eigenvalue weighted by Crippen LogP contribution is 2.31. The maximum atomic E-state index is 13.1. The van der Waals surface area contributed by atoms with Crippen molar-refractivity contribution in [2.45, 2.75) is 33.0 Å². The fourth-order valence-corrected chi connectivity index (χ4v) is 2.27. The molecule has 22 heavy (non-hydrogen) atoms. The number of amides is 1. The summed E-state index contributed by atoms with van der Waals surface area (Å²) in [6, 6.07) is 6.44. The first-order chi connectivity index (χ1) is 10.3. The Hall–Kier alpha value is -2.05. The van der Waals surface area contributed by atoms with E-state index in [2.05, 4.69) is 10.3 Å². The van der Waals surface area contributed by atoms with Gasteiger partial charge in [-0.05, 0) is 18.1 Å². The third-order valence-corrected chi connectivity index (χ3v) is 3.16. The molecular formula is C15H18F3N3O. The number of aromatic nitrogens is 2. The minimum absolute atomic E-state index is 0.0270. The molecule has 0 spiro atoms. The van der Waals surface area contributed by atoms with Gasteiger partial charge < -0.3 is 9.88 Å². The van der Waals surface area contributed by atoms with Gasteiger partial charge in [-0.2, -0.15) is 13.2 Å². The summed E-state index contributed by atoms with van der Waals surface area (Å²) in [5, 5.41) is 2.64. The van der Waals surface area contributed by atoms with Crippen LogP contribution in [-0.2, 0) is 17.5 Å². The van der Waals surface area contributed by atoms with Crippen molar-refractivity contribution in [3.63, 3.8) is 0 Å². The summed E-state index contributed by atoms with van der Waals surface area (Å²) in [5.41, 5.74) is 0.705. The fraction of sp³-hybridized carbons (Fsp3) is 0.467. The molecule has 0 bridgehead atoms. The van der Waals surface area contributed by atoms with Crippen molar-refractivity contribution in [3.8, 4) is 0 Å². The van der Waals surface area contributed by atoms with Gasteiger partial charge in [-0.15, -0.1) is 0 Å². The zero-order valence-electron chi connectivity index (χ0n) is 12.4. The first kappa shape index (κ1) is 16.3. The van der Waals surface area contributed by atoms with Crippen molar-refractivity contribution >= 4 is 16.9 Å². The number of benzene rings is 1. The number of nitrogens with zero attached hydrogens (tertiary/aromatic N) is 2. The Kier molecular flexibility index (Phi) is 4.73. The van der Waals surface area contributed by atoms with Crippen molar-refractivity contribution in [2.75, 3.05) is 6.54 Å². The highest BCUT2D eigenvalue weighted by Gasteiger charge is 2.37. The monoisotopic (exact) mass is 313 g/mol. The van der Waals surface area contributed by atoms with E-state index in [0.717, 1.165) is 4.57 Å². The van der Waals surface area contributed by atoms with Gasteiger partial charge in [0.2, 0.25) is 11.7 Å². The summed E-state index contributed by atoms with van der Waals surface area (Å²) in [7, 11) is 0. The van der Waals surface area contributed by atoms with Gasteiger partial charge in [0.1, 0.15) is 0 Å². The summed E-state index contributed by atoms with van der Waals surface area (Å²) in [5.74, 6) is -0.889. The van der Waals surface area contributed by atoms with E-state index < -0.39 is 12.0 Å². The van der Waals surface area contributed by atoms with E-state index in [1.807, 2.05) is 13.8 Å². The van der Waals surface area contributed by atoms with Crippen molar-refractivity contribution in [1.29, 1.82) is 0 Å². The normalized spacial score (nSPS) is 12.1. The molecule has 2 aromatic rings. The molecule has 0 aliphatic rings. The lowest BCUT2D eigenvalue weighted by Gasteiger charge is -2.12. The van der Waals surface area contributed by atoms with E-state index in [1.165, 1.54) is 0 Å². The second-order valence-corrected chi connectivity index (χ2v) is 5.52. The number of carbonyl (C=O) groups is 1. The molecule has 120 valence electrons. The lowest BCUT2D eigenvalue weighted by molar-refractivity contribution is -0.146. The minimum Gasteiger partial charge on any atom is -0.354 e. The molecule has 1 heterocycles. The van der Waals surface area contributed by atoms with E-state index in [0.29, 0.717) is 17.5 Å². The standard InChI is InChI=1S/C15H18F3N3O/c1-10(2)9-13(22)19-7-8-21-12-6-4-3-5-11(12)20-14(21)15(16,17)18/h3-6,10H,7-9H2,1-2H3,(H,19,22). The van der Waals surface area contributed by atoms with Crippen molar-refractivity contribution in [2.24, 2.45) is 5.92 Å². The molecule has 1 aromatic heterocycles. The van der Waals surface area contributed by atoms with Crippen LogP contribution in [0.1, 0.15) is 26.1 Å². The second kappa shape index (κ2) is 6.37. The average Bonchev–Trinajstić information content (AvgIpc) is 2.77. The molecule has 0 saturated carbocycles. The molecule has 0 atom stereocenters. The van der Waals surface area contributed by atoms with E-state index in [1.54, 1.807) is 24.3 Å². The Morgan fingerprint density at radius 3 is 2.64 bits per heavy atom. The molecule has 1 N–H and O–H groups in total. The molecule has 0 fully saturated rings. The highest BCUT2D eigenvalue weighted by molar-refractivity contribution is 5.77. The SMILES string of the molecule is CC(C)CC(=O)NCCn1c(C(F)(F)F)nc2ccccc21. The van der Waals surface area contributed by atoms with E-state index in [-0.39, 0.29) is 24.9 Å². The number of hydrogen-bond donors (Lipinski definition) is 1. The van der Waals surface area contributed by atoms with E-state index >= 15 is 0 Å². The molecule has 1 amide bonds. The fourth-order valence-electron chi connectivity index (χ4n) is 2.27. The molecule has 0 unspecified atom stereocenters. The molecule has 0 aliphatic carbocycles. The predicted molar refractivity (Wildman–Crippen MR) is 77.2 cm³/mol. The van der Waals surface area contributed by atoms with Crippen LogP contribution < -0.4 is 5.32 Å². The number of nitrogens with one attached hydrogen (secondary N) is 1. The van der Waals surface area contributed by atoms with Crippen LogP contribution >= 0.6 is 0 Å². The van der Waals surface area contributed by atoms with Gasteiger partial charge in [0, 0.05) is 19.5 Å². The van der Waals surface area contributed by atoms with E-state index in [4.69, 9.17) is 0 Å². The van der Waals surface area contributed by atoms with Gasteiger partial charge in [-0.25, -0.2) is 4.98 Å². The molecule has 0 saturated heterocycles. The minimum atomic E-state index is -4.53. The molecule has 2 rings (SSSR count).